The van der Waals surface area contributed by atoms with Crippen molar-refractivity contribution >= 4 is 11.6 Å². The normalized spacial score (nSPS) is 13.2. The Kier molecular flexibility index (Phi) is 5.15. The average molecular weight is 264 g/mol. The molecule has 0 spiro atoms. The molecule has 1 aromatic rings. The first kappa shape index (κ1) is 15.7. The number of aromatic nitrogens is 2. The van der Waals surface area contributed by atoms with Crippen LogP contribution in [0.1, 0.15) is 46.0 Å². The van der Waals surface area contributed by atoms with Crippen LogP contribution in [0.3, 0.4) is 0 Å². The molecule has 0 aliphatic rings. The van der Waals surface area contributed by atoms with Gasteiger partial charge < -0.3 is 10.6 Å². The maximum absolute atomic E-state index is 4.51. The summed E-state index contributed by atoms with van der Waals surface area (Å²) in [4.78, 5) is 8.94. The molecule has 0 aliphatic heterocycles. The Balaban J connectivity index is 2.84. The third-order valence-corrected chi connectivity index (χ3v) is 3.66. The van der Waals surface area contributed by atoms with Crippen molar-refractivity contribution in [2.45, 2.75) is 48.5 Å². The number of nitrogens with one attached hydrogen (secondary N) is 2. The summed E-state index contributed by atoms with van der Waals surface area (Å²) in [7, 11) is 0. The largest absolute Gasteiger partial charge is 0.370 e. The summed E-state index contributed by atoms with van der Waals surface area (Å²) in [5.74, 6) is 3.25. The van der Waals surface area contributed by atoms with Crippen molar-refractivity contribution in [3.63, 3.8) is 0 Å². The summed E-state index contributed by atoms with van der Waals surface area (Å²) in [6.07, 6.45) is 0. The Bertz CT molecular complexity index is 421. The summed E-state index contributed by atoms with van der Waals surface area (Å²) >= 11 is 0. The first-order chi connectivity index (χ1) is 8.75. The SMILES string of the molecule is CCNc1nc(C)nc(NCC(C)C(C)(C)C)c1C. The van der Waals surface area contributed by atoms with E-state index in [0.29, 0.717) is 11.3 Å². The minimum absolute atomic E-state index is 0.299. The van der Waals surface area contributed by atoms with Crippen LogP contribution in [0.2, 0.25) is 0 Å². The topological polar surface area (TPSA) is 49.8 Å². The second-order valence-electron chi connectivity index (χ2n) is 6.27. The zero-order valence-electron chi connectivity index (χ0n) is 13.4. The minimum Gasteiger partial charge on any atom is -0.370 e. The van der Waals surface area contributed by atoms with Crippen molar-refractivity contribution in [3.05, 3.63) is 11.4 Å². The van der Waals surface area contributed by atoms with Crippen LogP contribution < -0.4 is 10.6 Å². The summed E-state index contributed by atoms with van der Waals surface area (Å²) in [5, 5.41) is 6.75. The van der Waals surface area contributed by atoms with Crippen LogP contribution >= 0.6 is 0 Å². The van der Waals surface area contributed by atoms with E-state index in [4.69, 9.17) is 0 Å². The molecule has 1 atom stereocenters. The minimum atomic E-state index is 0.299. The molecule has 4 heteroatoms. The van der Waals surface area contributed by atoms with Crippen LogP contribution in [0.25, 0.3) is 0 Å². The van der Waals surface area contributed by atoms with Crippen molar-refractivity contribution < 1.29 is 0 Å². The number of hydrogen-bond acceptors (Lipinski definition) is 4. The lowest BCUT2D eigenvalue weighted by molar-refractivity contribution is 0.274. The van der Waals surface area contributed by atoms with Gasteiger partial charge in [-0.1, -0.05) is 27.7 Å². The molecular formula is C15H28N4. The van der Waals surface area contributed by atoms with E-state index in [2.05, 4.69) is 62.1 Å². The van der Waals surface area contributed by atoms with Crippen LogP contribution in [0.5, 0.6) is 0 Å². The molecule has 0 fully saturated rings. The Morgan fingerprint density at radius 3 is 2.05 bits per heavy atom. The lowest BCUT2D eigenvalue weighted by Crippen LogP contribution is -2.25. The zero-order valence-corrected chi connectivity index (χ0v) is 13.4. The zero-order chi connectivity index (χ0) is 14.6. The van der Waals surface area contributed by atoms with E-state index in [1.807, 2.05) is 6.92 Å². The summed E-state index contributed by atoms with van der Waals surface area (Å²) in [6.45, 7) is 16.9. The molecule has 0 saturated carbocycles. The van der Waals surface area contributed by atoms with Crippen molar-refractivity contribution in [3.8, 4) is 0 Å². The van der Waals surface area contributed by atoms with Crippen LogP contribution in [0.4, 0.5) is 11.6 Å². The molecule has 0 bridgehead atoms. The van der Waals surface area contributed by atoms with Crippen molar-refractivity contribution in [1.82, 2.24) is 9.97 Å². The molecule has 0 saturated heterocycles. The van der Waals surface area contributed by atoms with E-state index in [1.54, 1.807) is 0 Å². The number of aryl methyl sites for hydroxylation is 1. The first-order valence-corrected chi connectivity index (χ1v) is 7.08. The monoisotopic (exact) mass is 264 g/mol. The standard InChI is InChI=1S/C15H28N4/c1-8-16-13-11(3)14(19-12(4)18-13)17-9-10(2)15(5,6)7/h10H,8-9H2,1-7H3,(H2,16,17,18,19). The van der Waals surface area contributed by atoms with Crippen LogP contribution in [0, 0.1) is 25.2 Å². The third-order valence-electron chi connectivity index (χ3n) is 3.66. The molecule has 1 rings (SSSR count). The smallest absolute Gasteiger partial charge is 0.134 e. The predicted octanol–water partition coefficient (Wildman–Crippen LogP) is 3.62. The lowest BCUT2D eigenvalue weighted by Gasteiger charge is -2.28. The number of anilines is 2. The highest BCUT2D eigenvalue weighted by molar-refractivity contribution is 5.57. The van der Waals surface area contributed by atoms with Gasteiger partial charge in [0.1, 0.15) is 17.5 Å². The molecule has 1 unspecified atom stereocenters. The first-order valence-electron chi connectivity index (χ1n) is 7.08. The third kappa shape index (κ3) is 4.37. The average Bonchev–Trinajstić information content (AvgIpc) is 2.30. The maximum Gasteiger partial charge on any atom is 0.134 e. The van der Waals surface area contributed by atoms with Crippen molar-refractivity contribution in [2.24, 2.45) is 11.3 Å². The van der Waals surface area contributed by atoms with Crippen LogP contribution in [-0.4, -0.2) is 23.1 Å². The van der Waals surface area contributed by atoms with Gasteiger partial charge in [0.25, 0.3) is 0 Å². The number of hydrogen-bond donors (Lipinski definition) is 2. The fraction of sp³-hybridized carbons (Fsp3) is 0.733. The van der Waals surface area contributed by atoms with E-state index < -0.39 is 0 Å². The van der Waals surface area contributed by atoms with E-state index in [-0.39, 0.29) is 0 Å². The van der Waals surface area contributed by atoms with Gasteiger partial charge in [-0.2, -0.15) is 0 Å². The van der Waals surface area contributed by atoms with Gasteiger partial charge in [-0.3, -0.25) is 0 Å². The van der Waals surface area contributed by atoms with Gasteiger partial charge in [0, 0.05) is 18.7 Å². The molecule has 108 valence electrons. The highest BCUT2D eigenvalue weighted by Gasteiger charge is 2.20. The molecule has 0 radical (unpaired) electrons. The van der Waals surface area contributed by atoms with Gasteiger partial charge >= 0.3 is 0 Å². The number of nitrogens with zero attached hydrogens (tertiary/aromatic N) is 2. The summed E-state index contributed by atoms with van der Waals surface area (Å²) in [6, 6.07) is 0. The molecule has 2 N–H and O–H groups in total. The molecular weight excluding hydrogens is 236 g/mol. The Hall–Kier alpha value is -1.32. The van der Waals surface area contributed by atoms with Crippen molar-refractivity contribution in [2.75, 3.05) is 23.7 Å². The Morgan fingerprint density at radius 2 is 1.58 bits per heavy atom. The van der Waals surface area contributed by atoms with Gasteiger partial charge in [-0.05, 0) is 32.1 Å². The van der Waals surface area contributed by atoms with E-state index in [9.17, 15) is 0 Å². The van der Waals surface area contributed by atoms with E-state index >= 15 is 0 Å². The molecule has 1 heterocycles. The molecule has 19 heavy (non-hydrogen) atoms. The van der Waals surface area contributed by atoms with Gasteiger partial charge in [-0.15, -0.1) is 0 Å². The molecule has 0 aliphatic carbocycles. The van der Waals surface area contributed by atoms with E-state index in [1.165, 1.54) is 0 Å². The highest BCUT2D eigenvalue weighted by Crippen LogP contribution is 2.26. The van der Waals surface area contributed by atoms with Gasteiger partial charge in [0.05, 0.1) is 0 Å². The van der Waals surface area contributed by atoms with Gasteiger partial charge in [-0.25, -0.2) is 9.97 Å². The van der Waals surface area contributed by atoms with Crippen LogP contribution in [0.15, 0.2) is 0 Å². The molecule has 0 amide bonds. The molecule has 0 aromatic carbocycles. The molecule has 1 aromatic heterocycles. The number of rotatable bonds is 5. The fourth-order valence-electron chi connectivity index (χ4n) is 1.70. The quantitative estimate of drug-likeness (QED) is 0.853. The maximum atomic E-state index is 4.51. The molecule has 4 nitrogen and oxygen atoms in total. The predicted molar refractivity (Wildman–Crippen MR) is 82.8 cm³/mol. The van der Waals surface area contributed by atoms with Gasteiger partial charge in [0.15, 0.2) is 0 Å². The van der Waals surface area contributed by atoms with Crippen molar-refractivity contribution in [1.29, 1.82) is 0 Å². The second kappa shape index (κ2) is 6.22. The second-order valence-corrected chi connectivity index (χ2v) is 6.27. The summed E-state index contributed by atoms with van der Waals surface area (Å²) in [5.41, 5.74) is 1.39. The Morgan fingerprint density at radius 1 is 1.05 bits per heavy atom. The Labute approximate surface area is 117 Å². The fourth-order valence-corrected chi connectivity index (χ4v) is 1.70. The summed E-state index contributed by atoms with van der Waals surface area (Å²) < 4.78 is 0. The van der Waals surface area contributed by atoms with Crippen LogP contribution in [-0.2, 0) is 0 Å². The lowest BCUT2D eigenvalue weighted by atomic mass is 9.82. The van der Waals surface area contributed by atoms with E-state index in [0.717, 1.165) is 36.1 Å². The highest BCUT2D eigenvalue weighted by atomic mass is 15.1. The van der Waals surface area contributed by atoms with Gasteiger partial charge in [0.2, 0.25) is 0 Å².